The van der Waals surface area contributed by atoms with Gasteiger partial charge in [-0.2, -0.15) is 0 Å². The van der Waals surface area contributed by atoms with Gasteiger partial charge >= 0.3 is 0 Å². The van der Waals surface area contributed by atoms with Gasteiger partial charge in [0.25, 0.3) is 0 Å². The number of benzene rings is 1. The van der Waals surface area contributed by atoms with E-state index < -0.39 is 0 Å². The standard InChI is InChI=1S/C19H32N4O.HI/c1-16(17-8-6-5-7-9-17)14-21-18(20-4)22-15-19(2,3)23-10-12-24-13-11-23;/h5-9,16H,10-15H2,1-4H3,(H2,20,21,22);1H. The number of nitrogens with one attached hydrogen (secondary N) is 2. The second-order valence-electron chi connectivity index (χ2n) is 7.03. The molecular formula is C19H33IN4O. The van der Waals surface area contributed by atoms with E-state index in [0.29, 0.717) is 5.92 Å². The van der Waals surface area contributed by atoms with Crippen LogP contribution in [0.5, 0.6) is 0 Å². The van der Waals surface area contributed by atoms with Crippen molar-refractivity contribution in [2.45, 2.75) is 32.2 Å². The van der Waals surface area contributed by atoms with E-state index in [1.807, 2.05) is 7.05 Å². The summed E-state index contributed by atoms with van der Waals surface area (Å²) in [6.07, 6.45) is 0. The van der Waals surface area contributed by atoms with Crippen molar-refractivity contribution in [3.63, 3.8) is 0 Å². The fourth-order valence-corrected chi connectivity index (χ4v) is 2.95. The maximum absolute atomic E-state index is 5.45. The third-order valence-electron chi connectivity index (χ3n) is 4.72. The minimum atomic E-state index is 0. The van der Waals surface area contributed by atoms with Crippen molar-refractivity contribution in [1.82, 2.24) is 15.5 Å². The predicted molar refractivity (Wildman–Crippen MR) is 116 cm³/mol. The Morgan fingerprint density at radius 2 is 1.84 bits per heavy atom. The van der Waals surface area contributed by atoms with Crippen molar-refractivity contribution >= 4 is 29.9 Å². The smallest absolute Gasteiger partial charge is 0.191 e. The molecule has 5 nitrogen and oxygen atoms in total. The lowest BCUT2D eigenvalue weighted by Crippen LogP contribution is -2.56. The Bertz CT molecular complexity index is 515. The number of ether oxygens (including phenoxy) is 1. The quantitative estimate of drug-likeness (QED) is 0.390. The molecule has 0 saturated carbocycles. The lowest BCUT2D eigenvalue weighted by atomic mass is 10.0. The van der Waals surface area contributed by atoms with Crippen LogP contribution in [0.15, 0.2) is 35.3 Å². The molecule has 25 heavy (non-hydrogen) atoms. The van der Waals surface area contributed by atoms with Gasteiger partial charge in [-0.1, -0.05) is 37.3 Å². The number of morpholine rings is 1. The summed E-state index contributed by atoms with van der Waals surface area (Å²) in [6.45, 7) is 12.1. The summed E-state index contributed by atoms with van der Waals surface area (Å²) < 4.78 is 5.45. The zero-order chi connectivity index (χ0) is 17.4. The minimum absolute atomic E-state index is 0. The van der Waals surface area contributed by atoms with E-state index in [9.17, 15) is 0 Å². The zero-order valence-electron chi connectivity index (χ0n) is 15.9. The van der Waals surface area contributed by atoms with E-state index in [2.05, 4.69) is 71.6 Å². The van der Waals surface area contributed by atoms with E-state index in [1.54, 1.807) is 0 Å². The maximum Gasteiger partial charge on any atom is 0.191 e. The SMILES string of the molecule is CN=C(NCC(C)c1ccccc1)NCC(C)(C)N1CCOCC1.I. The Labute approximate surface area is 169 Å². The summed E-state index contributed by atoms with van der Waals surface area (Å²) in [6, 6.07) is 10.6. The third-order valence-corrected chi connectivity index (χ3v) is 4.72. The average molecular weight is 460 g/mol. The van der Waals surface area contributed by atoms with Crippen molar-refractivity contribution in [1.29, 1.82) is 0 Å². The summed E-state index contributed by atoms with van der Waals surface area (Å²) in [4.78, 5) is 6.83. The molecule has 0 bridgehead atoms. The lowest BCUT2D eigenvalue weighted by Gasteiger charge is -2.41. The second-order valence-corrected chi connectivity index (χ2v) is 7.03. The first-order valence-corrected chi connectivity index (χ1v) is 8.85. The molecule has 1 unspecified atom stereocenters. The Morgan fingerprint density at radius 1 is 1.20 bits per heavy atom. The number of halogens is 1. The van der Waals surface area contributed by atoms with Crippen LogP contribution in [0.1, 0.15) is 32.3 Å². The number of guanidine groups is 1. The highest BCUT2D eigenvalue weighted by Crippen LogP contribution is 2.15. The number of hydrogen-bond donors (Lipinski definition) is 2. The summed E-state index contributed by atoms with van der Waals surface area (Å²) in [5.41, 5.74) is 1.42. The molecule has 0 amide bonds. The van der Waals surface area contributed by atoms with Crippen LogP contribution in [-0.2, 0) is 4.74 Å². The second kappa shape index (κ2) is 11.0. The van der Waals surface area contributed by atoms with E-state index in [0.717, 1.165) is 45.4 Å². The number of nitrogens with zero attached hydrogens (tertiary/aromatic N) is 2. The van der Waals surface area contributed by atoms with Crippen molar-refractivity contribution in [2.24, 2.45) is 4.99 Å². The molecule has 1 saturated heterocycles. The van der Waals surface area contributed by atoms with Gasteiger partial charge in [0.1, 0.15) is 0 Å². The largest absolute Gasteiger partial charge is 0.379 e. The van der Waals surface area contributed by atoms with Crippen LogP contribution in [0.2, 0.25) is 0 Å². The molecule has 6 heteroatoms. The third kappa shape index (κ3) is 7.11. The number of aliphatic imine (C=N–C) groups is 1. The molecule has 0 radical (unpaired) electrons. The first-order chi connectivity index (χ1) is 11.5. The van der Waals surface area contributed by atoms with Crippen LogP contribution in [0.25, 0.3) is 0 Å². The maximum atomic E-state index is 5.45. The highest BCUT2D eigenvalue weighted by molar-refractivity contribution is 14.0. The minimum Gasteiger partial charge on any atom is -0.379 e. The first-order valence-electron chi connectivity index (χ1n) is 8.85. The van der Waals surface area contributed by atoms with Gasteiger partial charge in [0.2, 0.25) is 0 Å². The van der Waals surface area contributed by atoms with Crippen LogP contribution in [0.4, 0.5) is 0 Å². The van der Waals surface area contributed by atoms with Gasteiger partial charge in [0.05, 0.1) is 13.2 Å². The molecule has 0 aliphatic carbocycles. The zero-order valence-corrected chi connectivity index (χ0v) is 18.2. The predicted octanol–water partition coefficient (Wildman–Crippen LogP) is 2.68. The molecule has 1 aliphatic rings. The number of hydrogen-bond acceptors (Lipinski definition) is 3. The Hall–Kier alpha value is -0.860. The van der Waals surface area contributed by atoms with E-state index in [1.165, 1.54) is 5.56 Å². The van der Waals surface area contributed by atoms with Crippen molar-refractivity contribution < 1.29 is 4.74 Å². The van der Waals surface area contributed by atoms with Crippen LogP contribution in [-0.4, -0.2) is 62.8 Å². The fraction of sp³-hybridized carbons (Fsp3) is 0.632. The Balaban J connectivity index is 0.00000312. The molecule has 1 fully saturated rings. The molecule has 1 aromatic rings. The van der Waals surface area contributed by atoms with E-state index >= 15 is 0 Å². The topological polar surface area (TPSA) is 48.9 Å². The molecule has 0 spiro atoms. The molecule has 0 aromatic heterocycles. The summed E-state index contributed by atoms with van der Waals surface area (Å²) >= 11 is 0. The van der Waals surface area contributed by atoms with Crippen LogP contribution >= 0.6 is 24.0 Å². The molecule has 1 aromatic carbocycles. The molecular weight excluding hydrogens is 427 g/mol. The highest BCUT2D eigenvalue weighted by atomic mass is 127. The van der Waals surface area contributed by atoms with Gasteiger partial charge in [-0.3, -0.25) is 9.89 Å². The van der Waals surface area contributed by atoms with Gasteiger partial charge in [-0.05, 0) is 25.3 Å². The first kappa shape index (κ1) is 22.2. The monoisotopic (exact) mass is 460 g/mol. The number of rotatable bonds is 6. The molecule has 1 atom stereocenters. The summed E-state index contributed by atoms with van der Waals surface area (Å²) in [7, 11) is 1.82. The van der Waals surface area contributed by atoms with E-state index in [-0.39, 0.29) is 29.5 Å². The Kier molecular flexibility index (Phi) is 9.74. The van der Waals surface area contributed by atoms with Gasteiger partial charge in [-0.15, -0.1) is 24.0 Å². The summed E-state index contributed by atoms with van der Waals surface area (Å²) in [5, 5.41) is 6.91. The molecule has 1 aliphatic heterocycles. The van der Waals surface area contributed by atoms with Gasteiger partial charge in [-0.25, -0.2) is 0 Å². The molecule has 1 heterocycles. The summed E-state index contributed by atoms with van der Waals surface area (Å²) in [5.74, 6) is 1.30. The molecule has 142 valence electrons. The van der Waals surface area contributed by atoms with Crippen molar-refractivity contribution in [2.75, 3.05) is 46.4 Å². The van der Waals surface area contributed by atoms with Gasteiger partial charge < -0.3 is 15.4 Å². The lowest BCUT2D eigenvalue weighted by molar-refractivity contribution is -0.00834. The van der Waals surface area contributed by atoms with Gasteiger partial charge in [0.15, 0.2) is 5.96 Å². The van der Waals surface area contributed by atoms with Crippen molar-refractivity contribution in [3.8, 4) is 0 Å². The van der Waals surface area contributed by atoms with Gasteiger partial charge in [0, 0.05) is 38.8 Å². The fourth-order valence-electron chi connectivity index (χ4n) is 2.95. The van der Waals surface area contributed by atoms with Crippen molar-refractivity contribution in [3.05, 3.63) is 35.9 Å². The average Bonchev–Trinajstić information content (AvgIpc) is 2.63. The van der Waals surface area contributed by atoms with Crippen LogP contribution < -0.4 is 10.6 Å². The Morgan fingerprint density at radius 3 is 2.44 bits per heavy atom. The molecule has 2 rings (SSSR count). The molecule has 2 N–H and O–H groups in total. The van der Waals surface area contributed by atoms with Crippen LogP contribution in [0.3, 0.4) is 0 Å². The highest BCUT2D eigenvalue weighted by Gasteiger charge is 2.28. The normalized spacial score (nSPS) is 17.5. The van der Waals surface area contributed by atoms with Crippen LogP contribution in [0, 0.1) is 0 Å². The van der Waals surface area contributed by atoms with E-state index in [4.69, 9.17) is 4.74 Å².